The van der Waals surface area contributed by atoms with Crippen molar-refractivity contribution in [3.8, 4) is 22.9 Å². The van der Waals surface area contributed by atoms with Crippen molar-refractivity contribution >= 4 is 0 Å². The summed E-state index contributed by atoms with van der Waals surface area (Å²) in [5.74, 6) is 0.961. The molecule has 0 unspecified atom stereocenters. The van der Waals surface area contributed by atoms with E-state index in [4.69, 9.17) is 9.26 Å². The van der Waals surface area contributed by atoms with Gasteiger partial charge in [-0.2, -0.15) is 4.98 Å². The second-order valence-corrected chi connectivity index (χ2v) is 5.09. The van der Waals surface area contributed by atoms with Gasteiger partial charge in [0, 0.05) is 5.56 Å². The zero-order chi connectivity index (χ0) is 14.9. The monoisotopic (exact) mass is 291 g/mol. The quantitative estimate of drug-likeness (QED) is 0.776. The van der Waals surface area contributed by atoms with Crippen molar-refractivity contribution in [1.82, 2.24) is 15.5 Å². The molecule has 3 rings (SSSR count). The van der Waals surface area contributed by atoms with Crippen LogP contribution in [0.2, 0.25) is 0 Å². The molecule has 1 aromatic heterocycles. The molecule has 1 fully saturated rings. The molecule has 0 atom stereocenters. The van der Waals surface area contributed by atoms with E-state index in [0.29, 0.717) is 43.1 Å². The predicted molar refractivity (Wildman–Crippen MR) is 74.0 cm³/mol. The summed E-state index contributed by atoms with van der Waals surface area (Å²) < 4.78 is 10.3. The number of ether oxygens (including phenoxy) is 1. The SMILES string of the molecule is COc1cc(-c2noc(C3(O)CCNCC3)n2)ccc1O. The van der Waals surface area contributed by atoms with Crippen molar-refractivity contribution in [2.75, 3.05) is 20.2 Å². The molecule has 2 aromatic rings. The Bertz CT molecular complexity index is 635. The first-order valence-electron chi connectivity index (χ1n) is 6.77. The Balaban J connectivity index is 1.91. The lowest BCUT2D eigenvalue weighted by atomic mass is 9.92. The first kappa shape index (κ1) is 13.8. The number of hydrogen-bond donors (Lipinski definition) is 3. The minimum absolute atomic E-state index is 0.0435. The average Bonchev–Trinajstić information content (AvgIpc) is 2.99. The van der Waals surface area contributed by atoms with E-state index < -0.39 is 5.60 Å². The maximum absolute atomic E-state index is 10.5. The maximum atomic E-state index is 10.5. The number of rotatable bonds is 3. The summed E-state index contributed by atoms with van der Waals surface area (Å²) in [5.41, 5.74) is -0.422. The van der Waals surface area contributed by atoms with Gasteiger partial charge >= 0.3 is 0 Å². The molecule has 7 nitrogen and oxygen atoms in total. The van der Waals surface area contributed by atoms with Gasteiger partial charge in [0.15, 0.2) is 11.5 Å². The molecule has 7 heteroatoms. The summed E-state index contributed by atoms with van der Waals surface area (Å²) in [6, 6.07) is 4.79. The van der Waals surface area contributed by atoms with Gasteiger partial charge in [-0.1, -0.05) is 5.16 Å². The largest absolute Gasteiger partial charge is 0.504 e. The molecule has 1 aliphatic heterocycles. The van der Waals surface area contributed by atoms with Crippen LogP contribution in [0.1, 0.15) is 18.7 Å². The number of phenolic OH excluding ortho intramolecular Hbond substituents is 1. The summed E-state index contributed by atoms with van der Waals surface area (Å²) in [7, 11) is 1.47. The van der Waals surface area contributed by atoms with E-state index in [1.807, 2.05) is 0 Å². The van der Waals surface area contributed by atoms with Gasteiger partial charge in [-0.3, -0.25) is 0 Å². The molecule has 0 aliphatic carbocycles. The Hall–Kier alpha value is -2.12. The molecule has 3 N–H and O–H groups in total. The molecular formula is C14H17N3O4. The summed E-state index contributed by atoms with van der Waals surface area (Å²) in [6.45, 7) is 1.42. The lowest BCUT2D eigenvalue weighted by Crippen LogP contribution is -2.39. The minimum Gasteiger partial charge on any atom is -0.504 e. The minimum atomic E-state index is -1.07. The van der Waals surface area contributed by atoms with Crippen molar-refractivity contribution in [1.29, 1.82) is 0 Å². The van der Waals surface area contributed by atoms with Gasteiger partial charge in [-0.15, -0.1) is 0 Å². The third-order valence-electron chi connectivity index (χ3n) is 3.69. The van der Waals surface area contributed by atoms with Gasteiger partial charge in [0.05, 0.1) is 7.11 Å². The fourth-order valence-corrected chi connectivity index (χ4v) is 2.40. The van der Waals surface area contributed by atoms with Crippen LogP contribution in [-0.4, -0.2) is 40.6 Å². The van der Waals surface area contributed by atoms with E-state index in [1.165, 1.54) is 13.2 Å². The van der Waals surface area contributed by atoms with E-state index in [9.17, 15) is 10.2 Å². The van der Waals surface area contributed by atoms with Crippen molar-refractivity contribution in [2.24, 2.45) is 0 Å². The molecule has 2 heterocycles. The molecule has 1 aromatic carbocycles. The predicted octanol–water partition coefficient (Wildman–Crippen LogP) is 1.02. The second-order valence-electron chi connectivity index (χ2n) is 5.09. The van der Waals surface area contributed by atoms with Crippen LogP contribution in [0.3, 0.4) is 0 Å². The highest BCUT2D eigenvalue weighted by atomic mass is 16.5. The number of nitrogens with one attached hydrogen (secondary N) is 1. The van der Waals surface area contributed by atoms with Crippen LogP contribution < -0.4 is 10.1 Å². The number of hydrogen-bond acceptors (Lipinski definition) is 7. The fourth-order valence-electron chi connectivity index (χ4n) is 2.40. The summed E-state index contributed by atoms with van der Waals surface area (Å²) in [6.07, 6.45) is 1.07. The van der Waals surface area contributed by atoms with E-state index >= 15 is 0 Å². The lowest BCUT2D eigenvalue weighted by molar-refractivity contribution is -0.0228. The normalized spacial score (nSPS) is 17.6. The van der Waals surface area contributed by atoms with Gasteiger partial charge < -0.3 is 24.8 Å². The maximum Gasteiger partial charge on any atom is 0.259 e. The van der Waals surface area contributed by atoms with Crippen LogP contribution in [-0.2, 0) is 5.60 Å². The Morgan fingerprint density at radius 1 is 1.33 bits per heavy atom. The molecule has 1 saturated heterocycles. The summed E-state index contributed by atoms with van der Waals surface area (Å²) >= 11 is 0. The van der Waals surface area contributed by atoms with Gasteiger partial charge in [-0.05, 0) is 44.1 Å². The van der Waals surface area contributed by atoms with Crippen LogP contribution in [0, 0.1) is 0 Å². The molecule has 0 saturated carbocycles. The van der Waals surface area contributed by atoms with Crippen LogP contribution in [0.15, 0.2) is 22.7 Å². The van der Waals surface area contributed by atoms with Crippen molar-refractivity contribution in [3.05, 3.63) is 24.1 Å². The summed E-state index contributed by atoms with van der Waals surface area (Å²) in [4.78, 5) is 4.29. The van der Waals surface area contributed by atoms with Crippen molar-refractivity contribution < 1.29 is 19.5 Å². The highest BCUT2D eigenvalue weighted by Gasteiger charge is 2.37. The van der Waals surface area contributed by atoms with Crippen molar-refractivity contribution in [2.45, 2.75) is 18.4 Å². The van der Waals surface area contributed by atoms with Crippen LogP contribution in [0.4, 0.5) is 0 Å². The first-order chi connectivity index (χ1) is 10.1. The number of nitrogens with zero attached hydrogens (tertiary/aromatic N) is 2. The van der Waals surface area contributed by atoms with E-state index in [-0.39, 0.29) is 11.6 Å². The molecular weight excluding hydrogens is 274 g/mol. The Labute approximate surface area is 121 Å². The number of benzene rings is 1. The number of aliphatic hydroxyl groups is 1. The highest BCUT2D eigenvalue weighted by Crippen LogP contribution is 2.33. The fraction of sp³-hybridized carbons (Fsp3) is 0.429. The number of methoxy groups -OCH3 is 1. The van der Waals surface area contributed by atoms with Crippen LogP contribution >= 0.6 is 0 Å². The van der Waals surface area contributed by atoms with Gasteiger partial charge in [0.25, 0.3) is 5.89 Å². The third kappa shape index (κ3) is 2.57. The van der Waals surface area contributed by atoms with Gasteiger partial charge in [0.1, 0.15) is 5.60 Å². The second kappa shape index (κ2) is 5.34. The Kier molecular flexibility index (Phi) is 3.52. The Morgan fingerprint density at radius 2 is 2.10 bits per heavy atom. The molecule has 112 valence electrons. The number of aromatic nitrogens is 2. The van der Waals surface area contributed by atoms with E-state index in [1.54, 1.807) is 12.1 Å². The molecule has 0 bridgehead atoms. The van der Waals surface area contributed by atoms with Gasteiger partial charge in [0.2, 0.25) is 5.82 Å². The van der Waals surface area contributed by atoms with Gasteiger partial charge in [-0.25, -0.2) is 0 Å². The summed E-state index contributed by atoms with van der Waals surface area (Å²) in [5, 5.41) is 27.2. The topological polar surface area (TPSA) is 101 Å². The molecule has 1 aliphatic rings. The van der Waals surface area contributed by atoms with Crippen LogP contribution in [0.25, 0.3) is 11.4 Å². The first-order valence-corrected chi connectivity index (χ1v) is 6.77. The third-order valence-corrected chi connectivity index (χ3v) is 3.69. The number of phenols is 1. The molecule has 0 amide bonds. The number of aromatic hydroxyl groups is 1. The molecule has 0 spiro atoms. The van der Waals surface area contributed by atoms with Crippen LogP contribution in [0.5, 0.6) is 11.5 Å². The average molecular weight is 291 g/mol. The highest BCUT2D eigenvalue weighted by molar-refractivity contribution is 5.60. The molecule has 21 heavy (non-hydrogen) atoms. The lowest BCUT2D eigenvalue weighted by Gasteiger charge is -2.28. The van der Waals surface area contributed by atoms with Crippen molar-refractivity contribution in [3.63, 3.8) is 0 Å². The zero-order valence-corrected chi connectivity index (χ0v) is 11.7. The Morgan fingerprint density at radius 3 is 2.81 bits per heavy atom. The number of piperidine rings is 1. The smallest absolute Gasteiger partial charge is 0.259 e. The molecule has 0 radical (unpaired) electrons. The van der Waals surface area contributed by atoms with E-state index in [0.717, 1.165) is 0 Å². The standard InChI is InChI=1S/C14H17N3O4/c1-20-11-8-9(2-3-10(11)18)12-16-13(21-17-12)14(19)4-6-15-7-5-14/h2-3,8,15,18-19H,4-7H2,1H3. The zero-order valence-electron chi connectivity index (χ0n) is 11.7. The van der Waals surface area contributed by atoms with E-state index in [2.05, 4.69) is 15.5 Å².